The van der Waals surface area contributed by atoms with E-state index in [1.807, 2.05) is 19.9 Å². The average molecular weight is 419 g/mol. The molecule has 31 heavy (non-hydrogen) atoms. The molecular formula is C28H40N3+. The Hall–Kier alpha value is -2.42. The number of hydrogen-bond acceptors (Lipinski definition) is 2. The first-order valence-corrected chi connectivity index (χ1v) is 12.3. The van der Waals surface area contributed by atoms with Crippen LogP contribution in [-0.4, -0.2) is 26.2 Å². The summed E-state index contributed by atoms with van der Waals surface area (Å²) < 4.78 is 2.55. The van der Waals surface area contributed by atoms with Gasteiger partial charge in [-0.1, -0.05) is 33.3 Å². The maximum absolute atomic E-state index is 5.03. The Bertz CT molecular complexity index is 1020. The summed E-state index contributed by atoms with van der Waals surface area (Å²) in [6.07, 6.45) is 8.90. The zero-order chi connectivity index (χ0) is 22.2. The van der Waals surface area contributed by atoms with E-state index in [1.165, 1.54) is 52.4 Å². The van der Waals surface area contributed by atoms with Crippen LogP contribution in [0.2, 0.25) is 0 Å². The van der Waals surface area contributed by atoms with Crippen LogP contribution in [0.25, 0.3) is 0 Å². The maximum Gasteiger partial charge on any atom is 0.203 e. The van der Waals surface area contributed by atoms with Gasteiger partial charge in [0.2, 0.25) is 5.36 Å². The topological polar surface area (TPSA) is 18.6 Å². The summed E-state index contributed by atoms with van der Waals surface area (Å²) in [6.45, 7) is 16.8. The second-order valence-electron chi connectivity index (χ2n) is 8.31. The minimum Gasteiger partial charge on any atom is -0.372 e. The smallest absolute Gasteiger partial charge is 0.203 e. The van der Waals surface area contributed by atoms with Crippen LogP contribution in [-0.2, 0) is 12.8 Å². The minimum absolute atomic E-state index is 0.987. The Morgan fingerprint density at radius 2 is 1.90 bits per heavy atom. The van der Waals surface area contributed by atoms with Crippen LogP contribution in [0, 0.1) is 0 Å². The van der Waals surface area contributed by atoms with Gasteiger partial charge in [0.1, 0.15) is 13.1 Å². The molecule has 0 bridgehead atoms. The Morgan fingerprint density at radius 1 is 1.06 bits per heavy atom. The fourth-order valence-corrected chi connectivity index (χ4v) is 4.61. The number of rotatable bonds is 9. The zero-order valence-electron chi connectivity index (χ0n) is 20.1. The van der Waals surface area contributed by atoms with E-state index in [0.29, 0.717) is 0 Å². The van der Waals surface area contributed by atoms with Crippen molar-refractivity contribution in [2.45, 2.75) is 66.2 Å². The Morgan fingerprint density at radius 3 is 2.65 bits per heavy atom. The van der Waals surface area contributed by atoms with Crippen molar-refractivity contribution in [3.05, 3.63) is 70.4 Å². The van der Waals surface area contributed by atoms with Crippen molar-refractivity contribution in [3.63, 3.8) is 0 Å². The predicted molar refractivity (Wildman–Crippen MR) is 134 cm³/mol. The van der Waals surface area contributed by atoms with Crippen LogP contribution in [0.1, 0.15) is 70.1 Å². The van der Waals surface area contributed by atoms with E-state index in [4.69, 9.17) is 4.99 Å². The monoisotopic (exact) mass is 418 g/mol. The molecule has 0 fully saturated rings. The fourth-order valence-electron chi connectivity index (χ4n) is 4.61. The molecule has 2 aliphatic rings. The maximum atomic E-state index is 5.03. The minimum atomic E-state index is 0.987. The largest absolute Gasteiger partial charge is 0.372 e. The molecule has 3 heteroatoms. The number of unbranched alkanes of at least 4 members (excludes halogenated alkanes) is 2. The van der Waals surface area contributed by atoms with Gasteiger partial charge in [0.25, 0.3) is 0 Å². The highest BCUT2D eigenvalue weighted by atomic mass is 15.1. The van der Waals surface area contributed by atoms with Gasteiger partial charge in [-0.05, 0) is 55.2 Å². The van der Waals surface area contributed by atoms with Crippen molar-refractivity contribution in [2.75, 3.05) is 31.1 Å². The van der Waals surface area contributed by atoms with Crippen LogP contribution in [0.4, 0.5) is 11.4 Å². The lowest BCUT2D eigenvalue weighted by Crippen LogP contribution is -2.30. The SMILES string of the molecule is C=CCCC[N+]1=c2cc3c(cc2CC1)=Nc1ccc(N(CC)CCCC)cc1C3.CC. The summed E-state index contributed by atoms with van der Waals surface area (Å²) in [5.74, 6) is 0. The first kappa shape index (κ1) is 23.2. The molecule has 0 amide bonds. The van der Waals surface area contributed by atoms with Gasteiger partial charge < -0.3 is 4.90 Å². The van der Waals surface area contributed by atoms with Gasteiger partial charge in [-0.3, -0.25) is 0 Å². The lowest BCUT2D eigenvalue weighted by molar-refractivity contribution is 0.584. The van der Waals surface area contributed by atoms with Crippen molar-refractivity contribution >= 4 is 11.4 Å². The molecule has 2 aromatic rings. The fraction of sp³-hybridized carbons (Fsp3) is 0.500. The van der Waals surface area contributed by atoms with E-state index in [2.05, 4.69) is 60.2 Å². The van der Waals surface area contributed by atoms with E-state index in [-0.39, 0.29) is 0 Å². The third-order valence-corrected chi connectivity index (χ3v) is 6.32. The van der Waals surface area contributed by atoms with Crippen LogP contribution >= 0.6 is 0 Å². The second kappa shape index (κ2) is 11.3. The molecule has 2 aliphatic heterocycles. The second-order valence-corrected chi connectivity index (χ2v) is 8.31. The van der Waals surface area contributed by atoms with Crippen molar-refractivity contribution in [1.29, 1.82) is 0 Å². The quantitative estimate of drug-likeness (QED) is 0.265. The highest BCUT2D eigenvalue weighted by Crippen LogP contribution is 2.29. The third-order valence-electron chi connectivity index (χ3n) is 6.32. The summed E-state index contributed by atoms with van der Waals surface area (Å²) in [5.41, 5.74) is 6.68. The highest BCUT2D eigenvalue weighted by molar-refractivity contribution is 5.60. The lowest BCUT2D eigenvalue weighted by atomic mass is 9.97. The van der Waals surface area contributed by atoms with Crippen LogP contribution in [0.15, 0.2) is 48.0 Å². The number of nitrogens with zero attached hydrogens (tertiary/aromatic N) is 3. The van der Waals surface area contributed by atoms with Crippen molar-refractivity contribution in [3.8, 4) is 0 Å². The Kier molecular flexibility index (Phi) is 8.45. The number of benzene rings is 2. The summed E-state index contributed by atoms with van der Waals surface area (Å²) in [7, 11) is 0. The van der Waals surface area contributed by atoms with Gasteiger partial charge in [0, 0.05) is 49.7 Å². The van der Waals surface area contributed by atoms with Gasteiger partial charge in [-0.15, -0.1) is 6.58 Å². The van der Waals surface area contributed by atoms with Crippen molar-refractivity contribution in [2.24, 2.45) is 4.99 Å². The van der Waals surface area contributed by atoms with E-state index >= 15 is 0 Å². The van der Waals surface area contributed by atoms with E-state index in [0.717, 1.165) is 51.1 Å². The molecule has 4 rings (SSSR count). The van der Waals surface area contributed by atoms with Gasteiger partial charge in [-0.2, -0.15) is 0 Å². The molecule has 0 saturated heterocycles. The van der Waals surface area contributed by atoms with Gasteiger partial charge >= 0.3 is 0 Å². The van der Waals surface area contributed by atoms with Crippen LogP contribution < -0.4 is 20.2 Å². The van der Waals surface area contributed by atoms with Crippen LogP contribution in [0.3, 0.4) is 0 Å². The molecular weight excluding hydrogens is 378 g/mol. The molecule has 2 aromatic carbocycles. The molecule has 2 heterocycles. The normalized spacial score (nSPS) is 13.4. The van der Waals surface area contributed by atoms with Crippen molar-refractivity contribution < 1.29 is 0 Å². The van der Waals surface area contributed by atoms with E-state index < -0.39 is 0 Å². The number of allylic oxidation sites excluding steroid dienone is 1. The van der Waals surface area contributed by atoms with Crippen LogP contribution in [0.5, 0.6) is 0 Å². The molecule has 0 spiro atoms. The first-order valence-electron chi connectivity index (χ1n) is 12.3. The molecule has 166 valence electrons. The standard InChI is InChI=1S/C26H34N3.C2H6/c1-4-7-9-14-29-15-12-20-18-25-22(19-26(20)29)16-21-17-23(10-11-24(21)27-25)28(6-3)13-8-5-2;1-2/h4,10-11,17-19H,1,5-9,12-16H2,2-3H3;1-2H3/q+1;. The van der Waals surface area contributed by atoms with E-state index in [9.17, 15) is 0 Å². The molecule has 0 N–H and O–H groups in total. The van der Waals surface area contributed by atoms with E-state index in [1.54, 1.807) is 0 Å². The molecule has 0 radical (unpaired) electrons. The lowest BCUT2D eigenvalue weighted by Gasteiger charge is -2.24. The zero-order valence-corrected chi connectivity index (χ0v) is 20.1. The predicted octanol–water partition coefficient (Wildman–Crippen LogP) is 5.21. The Labute approximate surface area is 188 Å². The average Bonchev–Trinajstić information content (AvgIpc) is 3.19. The molecule has 3 nitrogen and oxygen atoms in total. The van der Waals surface area contributed by atoms with Gasteiger partial charge in [0.15, 0.2) is 0 Å². The summed E-state index contributed by atoms with van der Waals surface area (Å²) in [6, 6.07) is 11.6. The third kappa shape index (κ3) is 5.26. The summed E-state index contributed by atoms with van der Waals surface area (Å²) in [4.78, 5) is 7.51. The first-order chi connectivity index (χ1) is 15.2. The van der Waals surface area contributed by atoms with Gasteiger partial charge in [0.05, 0.1) is 11.0 Å². The number of fused-ring (bicyclic) bond motifs is 3. The molecule has 0 aromatic heterocycles. The van der Waals surface area contributed by atoms with Gasteiger partial charge in [-0.25, -0.2) is 9.57 Å². The Balaban J connectivity index is 0.00000132. The molecule has 0 saturated carbocycles. The molecule has 0 atom stereocenters. The summed E-state index contributed by atoms with van der Waals surface area (Å²) in [5, 5.41) is 2.61. The highest BCUT2D eigenvalue weighted by Gasteiger charge is 2.22. The number of anilines is 1. The number of hydrogen-bond donors (Lipinski definition) is 0. The van der Waals surface area contributed by atoms with Crippen molar-refractivity contribution in [1.82, 2.24) is 4.58 Å². The molecule has 0 unspecified atom stereocenters. The summed E-state index contributed by atoms with van der Waals surface area (Å²) >= 11 is 0. The molecule has 0 aliphatic carbocycles.